The predicted octanol–water partition coefficient (Wildman–Crippen LogP) is 1.58. The molecule has 1 rings (SSSR count). The summed E-state index contributed by atoms with van der Waals surface area (Å²) in [5, 5.41) is 2.77. The summed E-state index contributed by atoms with van der Waals surface area (Å²) in [5.74, 6) is 0.692. The molecule has 94 valence electrons. The van der Waals surface area contributed by atoms with Crippen LogP contribution in [0.4, 0.5) is 11.5 Å². The van der Waals surface area contributed by atoms with Gasteiger partial charge in [-0.15, -0.1) is 0 Å². The van der Waals surface area contributed by atoms with Crippen molar-refractivity contribution in [3.8, 4) is 0 Å². The summed E-state index contributed by atoms with van der Waals surface area (Å²) in [4.78, 5) is 15.8. The highest BCUT2D eigenvalue weighted by Gasteiger charge is 2.10. The fraction of sp³-hybridized carbons (Fsp3) is 0.500. The quantitative estimate of drug-likeness (QED) is 0.815. The van der Waals surface area contributed by atoms with Gasteiger partial charge in [0.05, 0.1) is 11.9 Å². The molecule has 0 saturated carbocycles. The number of nitrogens with zero attached hydrogens (tertiary/aromatic N) is 1. The number of aryl methyl sites for hydroxylation is 1. The lowest BCUT2D eigenvalue weighted by molar-refractivity contribution is -0.117. The van der Waals surface area contributed by atoms with Crippen LogP contribution in [0.2, 0.25) is 0 Å². The first-order valence-electron chi connectivity index (χ1n) is 5.53. The number of nitrogens with one attached hydrogen (secondary N) is 1. The van der Waals surface area contributed by atoms with E-state index in [1.807, 2.05) is 13.8 Å². The highest BCUT2D eigenvalue weighted by atomic mass is 16.5. The first-order chi connectivity index (χ1) is 8.02. The molecule has 1 atom stereocenters. The Balaban J connectivity index is 2.56. The van der Waals surface area contributed by atoms with Crippen LogP contribution in [-0.2, 0) is 9.53 Å². The maximum absolute atomic E-state index is 11.7. The van der Waals surface area contributed by atoms with Gasteiger partial charge in [0.15, 0.2) is 0 Å². The van der Waals surface area contributed by atoms with Gasteiger partial charge in [0.1, 0.15) is 5.82 Å². The van der Waals surface area contributed by atoms with E-state index in [1.54, 1.807) is 13.2 Å². The lowest BCUT2D eigenvalue weighted by Gasteiger charge is -2.11. The topological polar surface area (TPSA) is 77.2 Å². The van der Waals surface area contributed by atoms with Gasteiger partial charge in [0.25, 0.3) is 0 Å². The number of carbonyl (C=O) groups excluding carboxylic acids is 1. The van der Waals surface area contributed by atoms with E-state index in [9.17, 15) is 4.79 Å². The number of nitrogen functional groups attached to an aromatic ring is 1. The molecule has 5 heteroatoms. The minimum absolute atomic E-state index is 0.0603. The van der Waals surface area contributed by atoms with Crippen LogP contribution in [0.25, 0.3) is 0 Å². The summed E-state index contributed by atoms with van der Waals surface area (Å²) in [7, 11) is 1.63. The molecule has 3 N–H and O–H groups in total. The van der Waals surface area contributed by atoms with Gasteiger partial charge in [-0.2, -0.15) is 0 Å². The molecule has 1 heterocycles. The van der Waals surface area contributed by atoms with Gasteiger partial charge in [0, 0.05) is 20.1 Å². The minimum atomic E-state index is -0.0603. The third-order valence-electron chi connectivity index (χ3n) is 2.34. The van der Waals surface area contributed by atoms with Gasteiger partial charge in [0.2, 0.25) is 5.91 Å². The minimum Gasteiger partial charge on any atom is -0.397 e. The Morgan fingerprint density at radius 2 is 2.35 bits per heavy atom. The largest absolute Gasteiger partial charge is 0.397 e. The number of aromatic nitrogens is 1. The van der Waals surface area contributed by atoms with Crippen molar-refractivity contribution in [2.75, 3.05) is 24.8 Å². The van der Waals surface area contributed by atoms with Gasteiger partial charge >= 0.3 is 0 Å². The highest BCUT2D eigenvalue weighted by molar-refractivity contribution is 5.90. The van der Waals surface area contributed by atoms with E-state index in [-0.39, 0.29) is 11.8 Å². The van der Waals surface area contributed by atoms with E-state index in [2.05, 4.69) is 10.3 Å². The Labute approximate surface area is 101 Å². The van der Waals surface area contributed by atoms with Crippen molar-refractivity contribution in [1.82, 2.24) is 4.98 Å². The van der Waals surface area contributed by atoms with Crippen molar-refractivity contribution in [3.63, 3.8) is 0 Å². The van der Waals surface area contributed by atoms with E-state index < -0.39 is 0 Å². The van der Waals surface area contributed by atoms with Crippen molar-refractivity contribution < 1.29 is 9.53 Å². The smallest absolute Gasteiger partial charge is 0.225 e. The third-order valence-corrected chi connectivity index (χ3v) is 2.34. The Kier molecular flexibility index (Phi) is 4.90. The van der Waals surface area contributed by atoms with Gasteiger partial charge in [-0.05, 0) is 24.5 Å². The lowest BCUT2D eigenvalue weighted by Crippen LogP contribution is -2.18. The normalized spacial score (nSPS) is 12.2. The molecule has 1 aromatic rings. The number of hydrogen-bond donors (Lipinski definition) is 2. The number of amides is 1. The molecule has 17 heavy (non-hydrogen) atoms. The maximum Gasteiger partial charge on any atom is 0.225 e. The first-order valence-corrected chi connectivity index (χ1v) is 5.53. The van der Waals surface area contributed by atoms with E-state index >= 15 is 0 Å². The average molecular weight is 237 g/mol. The number of anilines is 2. The number of methoxy groups -OCH3 is 1. The second-order valence-corrected chi connectivity index (χ2v) is 4.25. The molecule has 1 aromatic heterocycles. The highest BCUT2D eigenvalue weighted by Crippen LogP contribution is 2.14. The summed E-state index contributed by atoms with van der Waals surface area (Å²) in [6.45, 7) is 4.39. The van der Waals surface area contributed by atoms with Crippen molar-refractivity contribution in [1.29, 1.82) is 0 Å². The molecule has 0 aliphatic carbocycles. The van der Waals surface area contributed by atoms with Gasteiger partial charge < -0.3 is 15.8 Å². The molecule has 5 nitrogen and oxygen atoms in total. The van der Waals surface area contributed by atoms with Crippen molar-refractivity contribution >= 4 is 17.4 Å². The molecule has 1 unspecified atom stereocenters. The number of ether oxygens (including phenoxy) is 1. The van der Waals surface area contributed by atoms with E-state index in [0.29, 0.717) is 24.5 Å². The standard InChI is InChI=1S/C12H19N3O2/c1-8(7-17-3)4-11(16)15-12-9(2)5-10(13)6-14-12/h5-6,8H,4,7,13H2,1-3H3,(H,14,15,16). The van der Waals surface area contributed by atoms with Gasteiger partial charge in [-0.25, -0.2) is 4.98 Å². The number of rotatable bonds is 5. The van der Waals surface area contributed by atoms with Crippen molar-refractivity contribution in [3.05, 3.63) is 17.8 Å². The second kappa shape index (κ2) is 6.20. The van der Waals surface area contributed by atoms with Crippen LogP contribution in [0.3, 0.4) is 0 Å². The maximum atomic E-state index is 11.7. The molecular weight excluding hydrogens is 218 g/mol. The summed E-state index contributed by atoms with van der Waals surface area (Å²) < 4.78 is 4.98. The van der Waals surface area contributed by atoms with Gasteiger partial charge in [-0.3, -0.25) is 4.79 Å². The Morgan fingerprint density at radius 1 is 1.65 bits per heavy atom. The van der Waals surface area contributed by atoms with E-state index in [0.717, 1.165) is 5.56 Å². The fourth-order valence-electron chi connectivity index (χ4n) is 1.57. The van der Waals surface area contributed by atoms with Crippen LogP contribution >= 0.6 is 0 Å². The zero-order valence-electron chi connectivity index (χ0n) is 10.5. The molecule has 1 amide bonds. The first kappa shape index (κ1) is 13.4. The molecule has 0 fully saturated rings. The summed E-state index contributed by atoms with van der Waals surface area (Å²) in [6, 6.07) is 1.78. The van der Waals surface area contributed by atoms with Crippen LogP contribution < -0.4 is 11.1 Å². The second-order valence-electron chi connectivity index (χ2n) is 4.25. The number of nitrogens with two attached hydrogens (primary N) is 1. The molecule has 0 bridgehead atoms. The number of pyridine rings is 1. The fourth-order valence-corrected chi connectivity index (χ4v) is 1.57. The van der Waals surface area contributed by atoms with E-state index in [4.69, 9.17) is 10.5 Å². The average Bonchev–Trinajstić information content (AvgIpc) is 2.22. The van der Waals surface area contributed by atoms with E-state index in [1.165, 1.54) is 6.20 Å². The predicted molar refractivity (Wildman–Crippen MR) is 67.7 cm³/mol. The molecule has 0 aliphatic heterocycles. The lowest BCUT2D eigenvalue weighted by atomic mass is 10.1. The summed E-state index contributed by atoms with van der Waals surface area (Å²) in [6.07, 6.45) is 1.94. The molecular formula is C12H19N3O2. The van der Waals surface area contributed by atoms with Crippen LogP contribution in [0.1, 0.15) is 18.9 Å². The van der Waals surface area contributed by atoms with Crippen LogP contribution in [-0.4, -0.2) is 24.6 Å². The molecule has 0 saturated heterocycles. The molecule has 0 spiro atoms. The monoisotopic (exact) mass is 237 g/mol. The zero-order valence-corrected chi connectivity index (χ0v) is 10.5. The zero-order chi connectivity index (χ0) is 12.8. The van der Waals surface area contributed by atoms with Crippen molar-refractivity contribution in [2.45, 2.75) is 20.3 Å². The molecule has 0 radical (unpaired) electrons. The summed E-state index contributed by atoms with van der Waals surface area (Å²) >= 11 is 0. The van der Waals surface area contributed by atoms with Crippen LogP contribution in [0.15, 0.2) is 12.3 Å². The Bertz CT molecular complexity index is 393. The number of hydrogen-bond acceptors (Lipinski definition) is 4. The third kappa shape index (κ3) is 4.40. The Hall–Kier alpha value is -1.62. The van der Waals surface area contributed by atoms with Crippen LogP contribution in [0, 0.1) is 12.8 Å². The number of carbonyl (C=O) groups is 1. The summed E-state index contributed by atoms with van der Waals surface area (Å²) in [5.41, 5.74) is 7.04. The molecule has 0 aliphatic rings. The SMILES string of the molecule is COCC(C)CC(=O)Nc1ncc(N)cc1C. The van der Waals surface area contributed by atoms with Gasteiger partial charge in [-0.1, -0.05) is 6.92 Å². The van der Waals surface area contributed by atoms with Crippen molar-refractivity contribution in [2.24, 2.45) is 5.92 Å². The Morgan fingerprint density at radius 3 is 2.94 bits per heavy atom. The molecule has 0 aromatic carbocycles. The van der Waals surface area contributed by atoms with Crippen LogP contribution in [0.5, 0.6) is 0 Å².